The first kappa shape index (κ1) is 16.5. The summed E-state index contributed by atoms with van der Waals surface area (Å²) in [6, 6.07) is 9.72. The van der Waals surface area contributed by atoms with E-state index in [1.807, 2.05) is 51.1 Å². The van der Waals surface area contributed by atoms with Gasteiger partial charge in [0.2, 0.25) is 0 Å². The molecule has 6 nitrogen and oxygen atoms in total. The van der Waals surface area contributed by atoms with Gasteiger partial charge in [-0.05, 0) is 39.2 Å². The molecule has 24 heavy (non-hydrogen) atoms. The van der Waals surface area contributed by atoms with Gasteiger partial charge in [0, 0.05) is 13.1 Å². The largest absolute Gasteiger partial charge is 0.444 e. The highest BCUT2D eigenvalue weighted by atomic mass is 16.6. The summed E-state index contributed by atoms with van der Waals surface area (Å²) in [4.78, 5) is 26.4. The van der Waals surface area contributed by atoms with Gasteiger partial charge in [0.15, 0.2) is 0 Å². The lowest BCUT2D eigenvalue weighted by Crippen LogP contribution is -2.50. The average Bonchev–Trinajstić information content (AvgIpc) is 2.84. The van der Waals surface area contributed by atoms with Crippen molar-refractivity contribution in [3.8, 4) is 0 Å². The fraction of sp³-hybridized carbons (Fsp3) is 0.500. The SMILES string of the molecule is CC(C)(C)OC(=O)N1CCC2(CC1)C(=O)NN=C2c1ccccc1. The first-order chi connectivity index (χ1) is 11.3. The summed E-state index contributed by atoms with van der Waals surface area (Å²) < 4.78 is 5.42. The number of benzene rings is 1. The van der Waals surface area contributed by atoms with Gasteiger partial charge in [-0.1, -0.05) is 30.3 Å². The molecule has 2 amide bonds. The topological polar surface area (TPSA) is 71.0 Å². The van der Waals surface area contributed by atoms with E-state index in [9.17, 15) is 9.59 Å². The highest BCUT2D eigenvalue weighted by Crippen LogP contribution is 2.38. The van der Waals surface area contributed by atoms with Crippen LogP contribution in [0.4, 0.5) is 4.79 Å². The zero-order chi connectivity index (χ0) is 17.4. The predicted molar refractivity (Wildman–Crippen MR) is 90.6 cm³/mol. The maximum atomic E-state index is 12.5. The smallest absolute Gasteiger partial charge is 0.410 e. The number of hydrogen-bond donors (Lipinski definition) is 1. The summed E-state index contributed by atoms with van der Waals surface area (Å²) in [6.45, 7) is 6.51. The standard InChI is InChI=1S/C18H23N3O3/c1-17(2,3)24-16(23)21-11-9-18(10-12-21)14(19-20-15(18)22)13-7-5-4-6-8-13/h4-8H,9-12H2,1-3H3,(H,20,22). The number of carbonyl (C=O) groups is 2. The number of hydrazone groups is 1. The molecule has 1 aromatic carbocycles. The Balaban J connectivity index is 1.75. The van der Waals surface area contributed by atoms with Gasteiger partial charge in [-0.15, -0.1) is 0 Å². The molecule has 2 heterocycles. The Morgan fingerprint density at radius 1 is 1.21 bits per heavy atom. The van der Waals surface area contributed by atoms with Crippen molar-refractivity contribution in [1.29, 1.82) is 0 Å². The van der Waals surface area contributed by atoms with E-state index in [0.29, 0.717) is 25.9 Å². The molecule has 128 valence electrons. The third-order valence-corrected chi connectivity index (χ3v) is 4.47. The van der Waals surface area contributed by atoms with Crippen LogP contribution in [0.5, 0.6) is 0 Å². The van der Waals surface area contributed by atoms with Crippen molar-refractivity contribution in [1.82, 2.24) is 10.3 Å². The molecule has 3 rings (SSSR count). The molecular formula is C18H23N3O3. The Morgan fingerprint density at radius 2 is 1.83 bits per heavy atom. The number of amides is 2. The molecular weight excluding hydrogens is 306 g/mol. The van der Waals surface area contributed by atoms with Crippen LogP contribution in [-0.2, 0) is 9.53 Å². The van der Waals surface area contributed by atoms with Crippen molar-refractivity contribution in [2.75, 3.05) is 13.1 Å². The molecule has 0 atom stereocenters. The van der Waals surface area contributed by atoms with Crippen LogP contribution in [0.1, 0.15) is 39.2 Å². The molecule has 1 saturated heterocycles. The van der Waals surface area contributed by atoms with Crippen molar-refractivity contribution >= 4 is 17.7 Å². The molecule has 1 aromatic rings. The monoisotopic (exact) mass is 329 g/mol. The third-order valence-electron chi connectivity index (χ3n) is 4.47. The highest BCUT2D eigenvalue weighted by molar-refractivity contribution is 6.19. The van der Waals surface area contributed by atoms with Crippen LogP contribution in [0, 0.1) is 5.41 Å². The second-order valence-electron chi connectivity index (χ2n) is 7.32. The van der Waals surface area contributed by atoms with Crippen LogP contribution < -0.4 is 5.43 Å². The van der Waals surface area contributed by atoms with Gasteiger partial charge in [0.05, 0.1) is 11.1 Å². The second-order valence-corrected chi connectivity index (χ2v) is 7.32. The van der Waals surface area contributed by atoms with Crippen LogP contribution in [0.2, 0.25) is 0 Å². The minimum Gasteiger partial charge on any atom is -0.444 e. The first-order valence-corrected chi connectivity index (χ1v) is 8.24. The molecule has 0 radical (unpaired) electrons. The Kier molecular flexibility index (Phi) is 4.07. The molecule has 2 aliphatic rings. The number of carbonyl (C=O) groups excluding carboxylic acids is 2. The maximum Gasteiger partial charge on any atom is 0.410 e. The second kappa shape index (κ2) is 5.92. The Morgan fingerprint density at radius 3 is 2.42 bits per heavy atom. The molecule has 0 aromatic heterocycles. The average molecular weight is 329 g/mol. The Labute approximate surface area is 141 Å². The molecule has 1 fully saturated rings. The molecule has 0 saturated carbocycles. The van der Waals surface area contributed by atoms with Gasteiger partial charge in [-0.25, -0.2) is 10.2 Å². The minimum atomic E-state index is -0.653. The summed E-state index contributed by atoms with van der Waals surface area (Å²) in [6.07, 6.45) is 0.770. The van der Waals surface area contributed by atoms with Crippen LogP contribution in [0.25, 0.3) is 0 Å². The number of likely N-dealkylation sites (tertiary alicyclic amines) is 1. The first-order valence-electron chi connectivity index (χ1n) is 8.24. The van der Waals surface area contributed by atoms with E-state index in [1.165, 1.54) is 0 Å². The van der Waals surface area contributed by atoms with Gasteiger partial charge in [-0.2, -0.15) is 5.10 Å². The number of piperidine rings is 1. The van der Waals surface area contributed by atoms with Gasteiger partial charge < -0.3 is 9.64 Å². The number of ether oxygens (including phenoxy) is 1. The molecule has 6 heteroatoms. The lowest BCUT2D eigenvalue weighted by atomic mass is 9.72. The van der Waals surface area contributed by atoms with Crippen molar-refractivity contribution in [2.45, 2.75) is 39.2 Å². The van der Waals surface area contributed by atoms with Gasteiger partial charge >= 0.3 is 6.09 Å². The lowest BCUT2D eigenvalue weighted by Gasteiger charge is -2.38. The molecule has 1 spiro atoms. The molecule has 0 aliphatic carbocycles. The van der Waals surface area contributed by atoms with E-state index in [2.05, 4.69) is 10.5 Å². The van der Waals surface area contributed by atoms with E-state index in [-0.39, 0.29) is 12.0 Å². The van der Waals surface area contributed by atoms with E-state index >= 15 is 0 Å². The van der Waals surface area contributed by atoms with Crippen molar-refractivity contribution in [2.24, 2.45) is 10.5 Å². The third kappa shape index (κ3) is 3.00. The van der Waals surface area contributed by atoms with Crippen molar-refractivity contribution in [3.05, 3.63) is 35.9 Å². The van der Waals surface area contributed by atoms with Crippen LogP contribution >= 0.6 is 0 Å². The quantitative estimate of drug-likeness (QED) is 0.860. The molecule has 1 N–H and O–H groups in total. The summed E-state index contributed by atoms with van der Waals surface area (Å²) >= 11 is 0. The van der Waals surface area contributed by atoms with Gasteiger partial charge in [0.1, 0.15) is 5.60 Å². The summed E-state index contributed by atoms with van der Waals surface area (Å²) in [7, 11) is 0. The maximum absolute atomic E-state index is 12.5. The number of nitrogens with one attached hydrogen (secondary N) is 1. The molecule has 0 bridgehead atoms. The van der Waals surface area contributed by atoms with Gasteiger partial charge in [-0.3, -0.25) is 4.79 Å². The van der Waals surface area contributed by atoms with Crippen molar-refractivity contribution < 1.29 is 14.3 Å². The number of hydrogen-bond acceptors (Lipinski definition) is 4. The normalized spacial score (nSPS) is 19.9. The van der Waals surface area contributed by atoms with E-state index in [4.69, 9.17) is 4.74 Å². The molecule has 2 aliphatic heterocycles. The van der Waals surface area contributed by atoms with Crippen LogP contribution in [0.15, 0.2) is 35.4 Å². The van der Waals surface area contributed by atoms with Gasteiger partial charge in [0.25, 0.3) is 5.91 Å². The van der Waals surface area contributed by atoms with E-state index in [1.54, 1.807) is 4.90 Å². The lowest BCUT2D eigenvalue weighted by molar-refractivity contribution is -0.128. The van der Waals surface area contributed by atoms with E-state index < -0.39 is 11.0 Å². The molecule has 0 unspecified atom stereocenters. The minimum absolute atomic E-state index is 0.0785. The van der Waals surface area contributed by atoms with Crippen molar-refractivity contribution in [3.63, 3.8) is 0 Å². The predicted octanol–water partition coefficient (Wildman–Crippen LogP) is 2.54. The van der Waals surface area contributed by atoms with Crippen LogP contribution in [0.3, 0.4) is 0 Å². The fourth-order valence-corrected chi connectivity index (χ4v) is 3.23. The summed E-state index contributed by atoms with van der Waals surface area (Å²) in [5.74, 6) is -0.0785. The zero-order valence-electron chi connectivity index (χ0n) is 14.3. The van der Waals surface area contributed by atoms with E-state index in [0.717, 1.165) is 11.3 Å². The Bertz CT molecular complexity index is 668. The van der Waals surface area contributed by atoms with Crippen LogP contribution in [-0.4, -0.2) is 41.3 Å². The number of nitrogens with zero attached hydrogens (tertiary/aromatic N) is 2. The fourth-order valence-electron chi connectivity index (χ4n) is 3.23. The summed E-state index contributed by atoms with van der Waals surface area (Å²) in [5.41, 5.74) is 3.17. The summed E-state index contributed by atoms with van der Waals surface area (Å²) in [5, 5.41) is 4.28. The zero-order valence-corrected chi connectivity index (χ0v) is 14.3. The Hall–Kier alpha value is -2.37. The number of rotatable bonds is 1. The highest BCUT2D eigenvalue weighted by Gasteiger charge is 2.50.